The Labute approximate surface area is 123 Å². The van der Waals surface area contributed by atoms with Gasteiger partial charge in [-0.25, -0.2) is 0 Å². The van der Waals surface area contributed by atoms with Gasteiger partial charge in [0.2, 0.25) is 0 Å². The van der Waals surface area contributed by atoms with E-state index in [0.29, 0.717) is 0 Å². The molecular formula is C17H15ClO2. The standard InChI is InChI=1S/C17H15ClO2/c1-11-9-17(12-3-5-13(18)6-4-12)20-16-8-7-14(19-2)10-15(11)16/h3-10,17H,1-2H3/t17-/m1/s1. The molecule has 0 fully saturated rings. The van der Waals surface area contributed by atoms with Crippen molar-refractivity contribution < 1.29 is 9.47 Å². The van der Waals surface area contributed by atoms with E-state index >= 15 is 0 Å². The van der Waals surface area contributed by atoms with E-state index in [1.54, 1.807) is 7.11 Å². The van der Waals surface area contributed by atoms with E-state index in [0.717, 1.165) is 27.6 Å². The first-order valence-corrected chi connectivity index (χ1v) is 6.84. The quantitative estimate of drug-likeness (QED) is 0.783. The zero-order chi connectivity index (χ0) is 14.1. The smallest absolute Gasteiger partial charge is 0.143 e. The molecule has 0 spiro atoms. The molecule has 3 heteroatoms. The molecule has 0 amide bonds. The molecule has 1 aliphatic rings. The molecule has 0 aliphatic carbocycles. The summed E-state index contributed by atoms with van der Waals surface area (Å²) in [6, 6.07) is 13.6. The van der Waals surface area contributed by atoms with Crippen molar-refractivity contribution in [2.75, 3.05) is 7.11 Å². The molecule has 0 bridgehead atoms. The average Bonchev–Trinajstić information content (AvgIpc) is 2.47. The van der Waals surface area contributed by atoms with Crippen molar-refractivity contribution in [1.82, 2.24) is 0 Å². The molecule has 0 saturated carbocycles. The first-order chi connectivity index (χ1) is 9.67. The predicted octanol–water partition coefficient (Wildman–Crippen LogP) is 4.89. The van der Waals surface area contributed by atoms with E-state index in [1.807, 2.05) is 42.5 Å². The van der Waals surface area contributed by atoms with Gasteiger partial charge in [0.25, 0.3) is 0 Å². The van der Waals surface area contributed by atoms with Gasteiger partial charge in [-0.1, -0.05) is 23.7 Å². The van der Waals surface area contributed by atoms with Gasteiger partial charge in [0.1, 0.15) is 17.6 Å². The van der Waals surface area contributed by atoms with Crippen LogP contribution in [0.25, 0.3) is 5.57 Å². The lowest BCUT2D eigenvalue weighted by molar-refractivity contribution is 0.250. The third-order valence-electron chi connectivity index (χ3n) is 3.47. The lowest BCUT2D eigenvalue weighted by atomic mass is 9.98. The lowest BCUT2D eigenvalue weighted by Gasteiger charge is -2.25. The number of ether oxygens (including phenoxy) is 2. The molecule has 3 rings (SSSR count). The molecule has 0 radical (unpaired) electrons. The van der Waals surface area contributed by atoms with Gasteiger partial charge < -0.3 is 9.47 Å². The number of fused-ring (bicyclic) bond motifs is 1. The Kier molecular flexibility index (Phi) is 3.41. The third kappa shape index (κ3) is 2.39. The van der Waals surface area contributed by atoms with Crippen molar-refractivity contribution in [3.8, 4) is 11.5 Å². The first-order valence-electron chi connectivity index (χ1n) is 6.46. The molecule has 1 aliphatic heterocycles. The van der Waals surface area contributed by atoms with Gasteiger partial charge in [-0.15, -0.1) is 0 Å². The summed E-state index contributed by atoms with van der Waals surface area (Å²) in [7, 11) is 1.67. The summed E-state index contributed by atoms with van der Waals surface area (Å²) in [6.45, 7) is 2.09. The number of halogens is 1. The fraction of sp³-hybridized carbons (Fsp3) is 0.176. The highest BCUT2D eigenvalue weighted by molar-refractivity contribution is 6.30. The van der Waals surface area contributed by atoms with Crippen LogP contribution < -0.4 is 9.47 Å². The van der Waals surface area contributed by atoms with Crippen molar-refractivity contribution in [3.05, 3.63) is 64.7 Å². The highest BCUT2D eigenvalue weighted by atomic mass is 35.5. The zero-order valence-corrected chi connectivity index (χ0v) is 12.1. The van der Waals surface area contributed by atoms with Gasteiger partial charge in [-0.3, -0.25) is 0 Å². The maximum Gasteiger partial charge on any atom is 0.143 e. The summed E-state index contributed by atoms with van der Waals surface area (Å²) in [4.78, 5) is 0. The van der Waals surface area contributed by atoms with Crippen molar-refractivity contribution in [1.29, 1.82) is 0 Å². The van der Waals surface area contributed by atoms with Crippen LogP contribution in [0.15, 0.2) is 48.5 Å². The predicted molar refractivity (Wildman–Crippen MR) is 81.5 cm³/mol. The van der Waals surface area contributed by atoms with Crippen LogP contribution in [0.5, 0.6) is 11.5 Å². The highest BCUT2D eigenvalue weighted by Crippen LogP contribution is 2.39. The van der Waals surface area contributed by atoms with Gasteiger partial charge in [-0.2, -0.15) is 0 Å². The largest absolute Gasteiger partial charge is 0.497 e. The Morgan fingerprint density at radius 3 is 2.55 bits per heavy atom. The van der Waals surface area contributed by atoms with Gasteiger partial charge in [-0.05, 0) is 54.5 Å². The summed E-state index contributed by atoms with van der Waals surface area (Å²) in [5.41, 5.74) is 3.36. The number of allylic oxidation sites excluding steroid dienone is 1. The Morgan fingerprint density at radius 2 is 1.85 bits per heavy atom. The molecule has 2 nitrogen and oxygen atoms in total. The molecule has 0 unspecified atom stereocenters. The Bertz CT molecular complexity index is 659. The third-order valence-corrected chi connectivity index (χ3v) is 3.72. The normalized spacial score (nSPS) is 16.9. The van der Waals surface area contributed by atoms with Crippen LogP contribution in [0, 0.1) is 0 Å². The second kappa shape index (κ2) is 5.22. The van der Waals surface area contributed by atoms with Crippen LogP contribution in [0.3, 0.4) is 0 Å². The van der Waals surface area contributed by atoms with Gasteiger partial charge >= 0.3 is 0 Å². The Hall–Kier alpha value is -1.93. The number of hydrogen-bond donors (Lipinski definition) is 0. The van der Waals surface area contributed by atoms with Gasteiger partial charge in [0.15, 0.2) is 0 Å². The molecule has 102 valence electrons. The number of methoxy groups -OCH3 is 1. The molecule has 2 aromatic rings. The molecule has 0 N–H and O–H groups in total. The van der Waals surface area contributed by atoms with E-state index in [9.17, 15) is 0 Å². The Morgan fingerprint density at radius 1 is 1.10 bits per heavy atom. The van der Waals surface area contributed by atoms with Gasteiger partial charge in [0, 0.05) is 10.6 Å². The molecule has 0 saturated heterocycles. The number of hydrogen-bond acceptors (Lipinski definition) is 2. The summed E-state index contributed by atoms with van der Waals surface area (Å²) < 4.78 is 11.3. The molecule has 0 aromatic heterocycles. The molecule has 1 atom stereocenters. The van der Waals surface area contributed by atoms with Crippen LogP contribution in [-0.2, 0) is 0 Å². The molecule has 2 aromatic carbocycles. The number of benzene rings is 2. The summed E-state index contributed by atoms with van der Waals surface area (Å²) >= 11 is 5.92. The van der Waals surface area contributed by atoms with E-state index in [2.05, 4.69) is 13.0 Å². The van der Waals surface area contributed by atoms with E-state index in [-0.39, 0.29) is 6.10 Å². The number of rotatable bonds is 2. The monoisotopic (exact) mass is 286 g/mol. The van der Waals surface area contributed by atoms with Gasteiger partial charge in [0.05, 0.1) is 7.11 Å². The topological polar surface area (TPSA) is 18.5 Å². The van der Waals surface area contributed by atoms with Crippen molar-refractivity contribution in [2.24, 2.45) is 0 Å². The fourth-order valence-corrected chi connectivity index (χ4v) is 2.48. The average molecular weight is 287 g/mol. The van der Waals surface area contributed by atoms with Crippen LogP contribution in [0.2, 0.25) is 5.02 Å². The van der Waals surface area contributed by atoms with Crippen molar-refractivity contribution in [3.63, 3.8) is 0 Å². The summed E-state index contributed by atoms with van der Waals surface area (Å²) in [5, 5.41) is 0.732. The molecule has 20 heavy (non-hydrogen) atoms. The maximum absolute atomic E-state index is 6.05. The van der Waals surface area contributed by atoms with E-state index in [1.165, 1.54) is 5.57 Å². The summed E-state index contributed by atoms with van der Waals surface area (Å²) in [5.74, 6) is 1.72. The molecular weight excluding hydrogens is 272 g/mol. The minimum Gasteiger partial charge on any atom is -0.497 e. The zero-order valence-electron chi connectivity index (χ0n) is 11.4. The summed E-state index contributed by atoms with van der Waals surface area (Å²) in [6.07, 6.45) is 2.04. The van der Waals surface area contributed by atoms with Crippen molar-refractivity contribution in [2.45, 2.75) is 13.0 Å². The fourth-order valence-electron chi connectivity index (χ4n) is 2.35. The minimum absolute atomic E-state index is 0.0758. The van der Waals surface area contributed by atoms with E-state index < -0.39 is 0 Å². The Balaban J connectivity index is 1.97. The lowest BCUT2D eigenvalue weighted by Crippen LogP contribution is -2.10. The SMILES string of the molecule is COc1ccc2c(c1)C(C)=C[C@H](c1ccc(Cl)cc1)O2. The highest BCUT2D eigenvalue weighted by Gasteiger charge is 2.20. The van der Waals surface area contributed by atoms with Crippen LogP contribution in [-0.4, -0.2) is 7.11 Å². The van der Waals surface area contributed by atoms with E-state index in [4.69, 9.17) is 21.1 Å². The van der Waals surface area contributed by atoms with Crippen molar-refractivity contribution >= 4 is 17.2 Å². The van der Waals surface area contributed by atoms with Crippen LogP contribution in [0.1, 0.15) is 24.2 Å². The van der Waals surface area contributed by atoms with Crippen LogP contribution in [0.4, 0.5) is 0 Å². The molecule has 1 heterocycles. The maximum atomic E-state index is 6.05. The minimum atomic E-state index is -0.0758. The second-order valence-electron chi connectivity index (χ2n) is 4.80. The second-order valence-corrected chi connectivity index (χ2v) is 5.24. The first kappa shape index (κ1) is 13.1. The van der Waals surface area contributed by atoms with Crippen LogP contribution >= 0.6 is 11.6 Å².